The van der Waals surface area contributed by atoms with Crippen molar-refractivity contribution in [3.8, 4) is 0 Å². The first kappa shape index (κ1) is 17.4. The van der Waals surface area contributed by atoms with Gasteiger partial charge in [-0.2, -0.15) is 0 Å². The van der Waals surface area contributed by atoms with Gasteiger partial charge in [0.25, 0.3) is 0 Å². The molecule has 0 radical (unpaired) electrons. The number of hydrogen-bond acceptors (Lipinski definition) is 3. The van der Waals surface area contributed by atoms with Gasteiger partial charge in [0.1, 0.15) is 5.82 Å². The predicted octanol–water partition coefficient (Wildman–Crippen LogP) is 3.54. The van der Waals surface area contributed by atoms with Crippen molar-refractivity contribution in [1.29, 1.82) is 0 Å². The van der Waals surface area contributed by atoms with Crippen molar-refractivity contribution < 1.29 is 9.18 Å². The zero-order valence-corrected chi connectivity index (χ0v) is 14.3. The van der Waals surface area contributed by atoms with Crippen LogP contribution in [0.15, 0.2) is 48.5 Å². The molecule has 3 rings (SSSR count). The van der Waals surface area contributed by atoms with E-state index < -0.39 is 0 Å². The van der Waals surface area contributed by atoms with E-state index in [-0.39, 0.29) is 18.3 Å². The molecule has 2 aromatic rings. The van der Waals surface area contributed by atoms with Crippen LogP contribution in [0, 0.1) is 5.82 Å². The maximum absolute atomic E-state index is 13.6. The van der Waals surface area contributed by atoms with Crippen LogP contribution in [0.1, 0.15) is 24.8 Å². The second kappa shape index (κ2) is 8.62. The van der Waals surface area contributed by atoms with Crippen molar-refractivity contribution in [1.82, 2.24) is 5.32 Å². The Bertz CT molecular complexity index is 714. The molecule has 0 aromatic heterocycles. The number of halogens is 1. The summed E-state index contributed by atoms with van der Waals surface area (Å²) in [6, 6.07) is 14.5. The van der Waals surface area contributed by atoms with Gasteiger partial charge in [0.05, 0.1) is 17.9 Å². The molecule has 0 saturated carbocycles. The fraction of sp³-hybridized carbons (Fsp3) is 0.350. The van der Waals surface area contributed by atoms with Crippen LogP contribution in [-0.4, -0.2) is 25.5 Å². The molecule has 25 heavy (non-hydrogen) atoms. The zero-order chi connectivity index (χ0) is 17.5. The largest absolute Gasteiger partial charge is 0.370 e. The SMILES string of the molecule is O=C(CNCc1ccccc1F)Nc1ccccc1N1CCCCC1. The van der Waals surface area contributed by atoms with E-state index >= 15 is 0 Å². The second-order valence-corrected chi connectivity index (χ2v) is 6.31. The highest BCUT2D eigenvalue weighted by Crippen LogP contribution is 2.28. The molecule has 5 heteroatoms. The van der Waals surface area contributed by atoms with Crippen molar-refractivity contribution >= 4 is 17.3 Å². The molecule has 0 spiro atoms. The average molecular weight is 341 g/mol. The van der Waals surface area contributed by atoms with E-state index in [1.54, 1.807) is 18.2 Å². The molecule has 1 aliphatic heterocycles. The summed E-state index contributed by atoms with van der Waals surface area (Å²) in [5.74, 6) is -0.383. The van der Waals surface area contributed by atoms with Gasteiger partial charge in [-0.25, -0.2) is 4.39 Å². The third kappa shape index (κ3) is 4.79. The monoisotopic (exact) mass is 341 g/mol. The first-order valence-corrected chi connectivity index (χ1v) is 8.82. The highest BCUT2D eigenvalue weighted by atomic mass is 19.1. The minimum Gasteiger partial charge on any atom is -0.370 e. The number of rotatable bonds is 6. The first-order chi connectivity index (χ1) is 12.2. The molecule has 2 N–H and O–H groups in total. The van der Waals surface area contributed by atoms with Gasteiger partial charge in [0.2, 0.25) is 5.91 Å². The van der Waals surface area contributed by atoms with Crippen LogP contribution in [0.25, 0.3) is 0 Å². The van der Waals surface area contributed by atoms with Gasteiger partial charge in [-0.3, -0.25) is 4.79 Å². The molecule has 1 fully saturated rings. The molecule has 2 aromatic carbocycles. The molecule has 1 aliphatic rings. The second-order valence-electron chi connectivity index (χ2n) is 6.31. The molecule has 132 valence electrons. The van der Waals surface area contributed by atoms with E-state index in [4.69, 9.17) is 0 Å². The summed E-state index contributed by atoms with van der Waals surface area (Å²) in [7, 11) is 0. The number of carbonyl (C=O) groups excluding carboxylic acids is 1. The fourth-order valence-corrected chi connectivity index (χ4v) is 3.14. The van der Waals surface area contributed by atoms with Crippen molar-refractivity contribution in [3.05, 3.63) is 59.9 Å². The van der Waals surface area contributed by atoms with Crippen molar-refractivity contribution in [2.45, 2.75) is 25.8 Å². The summed E-state index contributed by atoms with van der Waals surface area (Å²) in [5.41, 5.74) is 2.47. The topological polar surface area (TPSA) is 44.4 Å². The lowest BCUT2D eigenvalue weighted by atomic mass is 10.1. The number of anilines is 2. The van der Waals surface area contributed by atoms with Crippen molar-refractivity contribution in [2.24, 2.45) is 0 Å². The summed E-state index contributed by atoms with van der Waals surface area (Å²) in [5, 5.41) is 5.97. The number of para-hydroxylation sites is 2. The molecule has 1 amide bonds. The lowest BCUT2D eigenvalue weighted by Crippen LogP contribution is -2.32. The predicted molar refractivity (Wildman–Crippen MR) is 99.2 cm³/mol. The van der Waals surface area contributed by atoms with Gasteiger partial charge < -0.3 is 15.5 Å². The fourth-order valence-electron chi connectivity index (χ4n) is 3.14. The lowest BCUT2D eigenvalue weighted by molar-refractivity contribution is -0.115. The summed E-state index contributed by atoms with van der Waals surface area (Å²) in [6.45, 7) is 2.52. The molecular formula is C20H24FN3O. The Balaban J connectivity index is 1.55. The van der Waals surface area contributed by atoms with Gasteiger partial charge in [0, 0.05) is 25.2 Å². The smallest absolute Gasteiger partial charge is 0.238 e. The van der Waals surface area contributed by atoms with E-state index in [0.717, 1.165) is 24.5 Å². The number of benzene rings is 2. The van der Waals surface area contributed by atoms with E-state index in [1.807, 2.05) is 24.3 Å². The lowest BCUT2D eigenvalue weighted by Gasteiger charge is -2.30. The van der Waals surface area contributed by atoms with Crippen LogP contribution in [0.4, 0.5) is 15.8 Å². The van der Waals surface area contributed by atoms with Crippen LogP contribution in [0.3, 0.4) is 0 Å². The third-order valence-electron chi connectivity index (χ3n) is 4.43. The van der Waals surface area contributed by atoms with Crippen LogP contribution < -0.4 is 15.5 Å². The van der Waals surface area contributed by atoms with Crippen LogP contribution in [0.5, 0.6) is 0 Å². The molecule has 0 atom stereocenters. The molecule has 0 aliphatic carbocycles. The van der Waals surface area contributed by atoms with E-state index in [2.05, 4.69) is 15.5 Å². The average Bonchev–Trinajstić information content (AvgIpc) is 2.64. The standard InChI is InChI=1S/C20H24FN3O/c21-17-9-3-2-8-16(17)14-22-15-20(25)23-18-10-4-5-11-19(18)24-12-6-1-7-13-24/h2-5,8-11,22H,1,6-7,12-15H2,(H,23,25). The van der Waals surface area contributed by atoms with E-state index in [0.29, 0.717) is 12.1 Å². The van der Waals surface area contributed by atoms with E-state index in [1.165, 1.54) is 25.3 Å². The van der Waals surface area contributed by atoms with Gasteiger partial charge in [-0.05, 0) is 37.5 Å². The summed E-state index contributed by atoms with van der Waals surface area (Å²) < 4.78 is 13.6. The van der Waals surface area contributed by atoms with Crippen molar-refractivity contribution in [2.75, 3.05) is 29.9 Å². The Morgan fingerprint density at radius 3 is 2.52 bits per heavy atom. The number of amides is 1. The molecule has 4 nitrogen and oxygen atoms in total. The quantitative estimate of drug-likeness (QED) is 0.845. The maximum Gasteiger partial charge on any atom is 0.238 e. The van der Waals surface area contributed by atoms with Gasteiger partial charge in [0.15, 0.2) is 0 Å². The number of piperidine rings is 1. The van der Waals surface area contributed by atoms with Gasteiger partial charge >= 0.3 is 0 Å². The minimum atomic E-state index is -0.258. The highest BCUT2D eigenvalue weighted by molar-refractivity contribution is 5.95. The molecular weight excluding hydrogens is 317 g/mol. The molecule has 0 unspecified atom stereocenters. The number of hydrogen-bond donors (Lipinski definition) is 2. The molecule has 1 saturated heterocycles. The number of nitrogens with one attached hydrogen (secondary N) is 2. The minimum absolute atomic E-state index is 0.124. The maximum atomic E-state index is 13.6. The molecule has 1 heterocycles. The van der Waals surface area contributed by atoms with Crippen LogP contribution in [-0.2, 0) is 11.3 Å². The Morgan fingerprint density at radius 2 is 1.72 bits per heavy atom. The normalized spacial score (nSPS) is 14.4. The Morgan fingerprint density at radius 1 is 1.00 bits per heavy atom. The Labute approximate surface area is 148 Å². The zero-order valence-electron chi connectivity index (χ0n) is 14.3. The summed E-state index contributed by atoms with van der Waals surface area (Å²) >= 11 is 0. The van der Waals surface area contributed by atoms with Gasteiger partial charge in [-0.1, -0.05) is 30.3 Å². The number of nitrogens with zero attached hydrogens (tertiary/aromatic N) is 1. The first-order valence-electron chi connectivity index (χ1n) is 8.82. The van der Waals surface area contributed by atoms with Crippen molar-refractivity contribution in [3.63, 3.8) is 0 Å². The highest BCUT2D eigenvalue weighted by Gasteiger charge is 2.15. The van der Waals surface area contributed by atoms with E-state index in [9.17, 15) is 9.18 Å². The summed E-state index contributed by atoms with van der Waals surface area (Å²) in [6.07, 6.45) is 3.64. The third-order valence-corrected chi connectivity index (χ3v) is 4.43. The Kier molecular flexibility index (Phi) is 6.01. The van der Waals surface area contributed by atoms with Gasteiger partial charge in [-0.15, -0.1) is 0 Å². The van der Waals surface area contributed by atoms with Crippen LogP contribution in [0.2, 0.25) is 0 Å². The Hall–Kier alpha value is -2.40. The van der Waals surface area contributed by atoms with Crippen LogP contribution >= 0.6 is 0 Å². The number of carbonyl (C=O) groups is 1. The summed E-state index contributed by atoms with van der Waals surface area (Å²) in [4.78, 5) is 14.6. The molecule has 0 bridgehead atoms.